The highest BCUT2D eigenvalue weighted by molar-refractivity contribution is 6.42. The maximum absolute atomic E-state index is 12.9. The standard InChI is InChI=1S/C21H25Cl2N5O2/c1-28-8-2-3-18(28)21(30)27-17(10-13-4-6-15(22)16(23)9-13)20(29)26-12-14-5-7-19(24)25-11-14/h4-7,9,11,17-18H,2-3,8,10,12H2,1H3,(H2,24,25)(H,26,29)(H,27,30)/t17-,18?/m0/s1. The molecule has 2 heterocycles. The summed E-state index contributed by atoms with van der Waals surface area (Å²) in [5.41, 5.74) is 7.21. The van der Waals surface area contributed by atoms with Gasteiger partial charge in [-0.2, -0.15) is 0 Å². The first-order valence-corrected chi connectivity index (χ1v) is 10.5. The number of aromatic nitrogens is 1. The van der Waals surface area contributed by atoms with Crippen LogP contribution in [0.25, 0.3) is 0 Å². The van der Waals surface area contributed by atoms with Gasteiger partial charge in [-0.3, -0.25) is 14.5 Å². The number of carbonyl (C=O) groups excluding carboxylic acids is 2. The number of halogens is 2. The van der Waals surface area contributed by atoms with E-state index in [1.807, 2.05) is 11.9 Å². The van der Waals surface area contributed by atoms with Gasteiger partial charge in [-0.15, -0.1) is 0 Å². The predicted molar refractivity (Wildman–Crippen MR) is 118 cm³/mol. The van der Waals surface area contributed by atoms with Gasteiger partial charge in [0, 0.05) is 19.2 Å². The molecule has 1 aliphatic heterocycles. The maximum atomic E-state index is 12.9. The van der Waals surface area contributed by atoms with Crippen molar-refractivity contribution in [3.63, 3.8) is 0 Å². The number of nitrogens with two attached hydrogens (primary N) is 1. The topological polar surface area (TPSA) is 100 Å². The lowest BCUT2D eigenvalue weighted by molar-refractivity contribution is -0.131. The van der Waals surface area contributed by atoms with Gasteiger partial charge in [0.05, 0.1) is 16.1 Å². The summed E-state index contributed by atoms with van der Waals surface area (Å²) < 4.78 is 0. The number of anilines is 1. The molecule has 3 rings (SSSR count). The van der Waals surface area contributed by atoms with Gasteiger partial charge in [-0.05, 0) is 55.8 Å². The molecule has 0 bridgehead atoms. The van der Waals surface area contributed by atoms with Gasteiger partial charge < -0.3 is 16.4 Å². The molecule has 0 saturated carbocycles. The van der Waals surface area contributed by atoms with Crippen molar-refractivity contribution in [1.82, 2.24) is 20.5 Å². The van der Waals surface area contributed by atoms with Crippen molar-refractivity contribution in [3.8, 4) is 0 Å². The molecule has 1 unspecified atom stereocenters. The molecule has 160 valence electrons. The normalized spacial score (nSPS) is 17.5. The molecule has 1 aromatic heterocycles. The van der Waals surface area contributed by atoms with Crippen LogP contribution in [-0.4, -0.2) is 47.4 Å². The number of carbonyl (C=O) groups is 2. The van der Waals surface area contributed by atoms with E-state index < -0.39 is 6.04 Å². The lowest BCUT2D eigenvalue weighted by Crippen LogP contribution is -2.52. The molecule has 1 saturated heterocycles. The van der Waals surface area contributed by atoms with Crippen molar-refractivity contribution in [1.29, 1.82) is 0 Å². The molecule has 30 heavy (non-hydrogen) atoms. The number of benzene rings is 1. The summed E-state index contributed by atoms with van der Waals surface area (Å²) in [5, 5.41) is 6.62. The molecule has 2 aromatic rings. The van der Waals surface area contributed by atoms with Gasteiger partial charge in [0.1, 0.15) is 11.9 Å². The Morgan fingerprint density at radius 1 is 1.23 bits per heavy atom. The van der Waals surface area contributed by atoms with E-state index in [0.29, 0.717) is 22.3 Å². The van der Waals surface area contributed by atoms with Crippen LogP contribution in [0.3, 0.4) is 0 Å². The average Bonchev–Trinajstić information content (AvgIpc) is 3.15. The molecule has 4 N–H and O–H groups in total. The minimum Gasteiger partial charge on any atom is -0.384 e. The van der Waals surface area contributed by atoms with Crippen LogP contribution in [0, 0.1) is 0 Å². The third kappa shape index (κ3) is 5.84. The number of likely N-dealkylation sites (N-methyl/N-ethyl adjacent to an activating group) is 1. The van der Waals surface area contributed by atoms with Gasteiger partial charge >= 0.3 is 0 Å². The molecule has 0 aliphatic carbocycles. The van der Waals surface area contributed by atoms with Gasteiger partial charge in [-0.25, -0.2) is 4.98 Å². The quantitative estimate of drug-likeness (QED) is 0.602. The third-order valence-corrected chi connectivity index (χ3v) is 5.93. The zero-order chi connectivity index (χ0) is 21.7. The number of nitrogens with one attached hydrogen (secondary N) is 2. The Labute approximate surface area is 185 Å². The zero-order valence-electron chi connectivity index (χ0n) is 16.7. The first-order chi connectivity index (χ1) is 14.3. The second-order valence-corrected chi connectivity index (χ2v) is 8.28. The number of pyridine rings is 1. The molecule has 9 heteroatoms. The average molecular weight is 450 g/mol. The number of hydrogen-bond acceptors (Lipinski definition) is 5. The summed E-state index contributed by atoms with van der Waals surface area (Å²) in [4.78, 5) is 31.7. The van der Waals surface area contributed by atoms with E-state index in [9.17, 15) is 9.59 Å². The fourth-order valence-corrected chi connectivity index (χ4v) is 3.79. The minimum absolute atomic E-state index is 0.149. The SMILES string of the molecule is CN1CCCC1C(=O)N[C@@H](Cc1ccc(Cl)c(Cl)c1)C(=O)NCc1ccc(N)nc1. The van der Waals surface area contributed by atoms with Crippen LogP contribution in [0.1, 0.15) is 24.0 Å². The number of nitrogen functional groups attached to an aromatic ring is 1. The summed E-state index contributed by atoms with van der Waals surface area (Å²) >= 11 is 12.1. The largest absolute Gasteiger partial charge is 0.384 e. The Balaban J connectivity index is 1.71. The monoisotopic (exact) mass is 449 g/mol. The second kappa shape index (κ2) is 10.1. The van der Waals surface area contributed by atoms with Crippen molar-refractivity contribution < 1.29 is 9.59 Å². The van der Waals surface area contributed by atoms with Crippen molar-refractivity contribution in [2.24, 2.45) is 0 Å². The van der Waals surface area contributed by atoms with Crippen LogP contribution in [0.4, 0.5) is 5.82 Å². The minimum atomic E-state index is -0.745. The van der Waals surface area contributed by atoms with E-state index in [0.717, 1.165) is 30.5 Å². The number of likely N-dealkylation sites (tertiary alicyclic amines) is 1. The molecular formula is C21H25Cl2N5O2. The number of rotatable bonds is 7. The van der Waals surface area contributed by atoms with Crippen LogP contribution < -0.4 is 16.4 Å². The van der Waals surface area contributed by atoms with Gasteiger partial charge in [0.15, 0.2) is 0 Å². The Hall–Kier alpha value is -2.35. The molecule has 0 radical (unpaired) electrons. The molecule has 2 amide bonds. The summed E-state index contributed by atoms with van der Waals surface area (Å²) in [7, 11) is 1.92. The van der Waals surface area contributed by atoms with E-state index in [-0.39, 0.29) is 24.4 Å². The fourth-order valence-electron chi connectivity index (χ4n) is 3.47. The highest BCUT2D eigenvalue weighted by Crippen LogP contribution is 2.23. The van der Waals surface area contributed by atoms with Crippen LogP contribution in [0.5, 0.6) is 0 Å². The summed E-state index contributed by atoms with van der Waals surface area (Å²) in [6, 6.07) is 7.69. The van der Waals surface area contributed by atoms with Crippen LogP contribution in [-0.2, 0) is 22.6 Å². The van der Waals surface area contributed by atoms with Crippen molar-refractivity contribution in [2.75, 3.05) is 19.3 Å². The van der Waals surface area contributed by atoms with E-state index in [1.54, 1.807) is 36.5 Å². The van der Waals surface area contributed by atoms with Gasteiger partial charge in [-0.1, -0.05) is 35.3 Å². The maximum Gasteiger partial charge on any atom is 0.243 e. The van der Waals surface area contributed by atoms with Gasteiger partial charge in [0.25, 0.3) is 0 Å². The first kappa shape index (κ1) is 22.3. The van der Waals surface area contributed by atoms with Gasteiger partial charge in [0.2, 0.25) is 11.8 Å². The lowest BCUT2D eigenvalue weighted by atomic mass is 10.0. The van der Waals surface area contributed by atoms with Crippen molar-refractivity contribution in [2.45, 2.75) is 37.9 Å². The Morgan fingerprint density at radius 2 is 2.00 bits per heavy atom. The molecule has 0 spiro atoms. The Morgan fingerprint density at radius 3 is 2.63 bits per heavy atom. The number of hydrogen-bond donors (Lipinski definition) is 3. The molecule has 2 atom stereocenters. The van der Waals surface area contributed by atoms with E-state index in [4.69, 9.17) is 28.9 Å². The van der Waals surface area contributed by atoms with E-state index in [1.165, 1.54) is 0 Å². The first-order valence-electron chi connectivity index (χ1n) is 9.76. The third-order valence-electron chi connectivity index (χ3n) is 5.19. The smallest absolute Gasteiger partial charge is 0.243 e. The van der Waals surface area contributed by atoms with Crippen LogP contribution in [0.2, 0.25) is 10.0 Å². The van der Waals surface area contributed by atoms with Crippen LogP contribution in [0.15, 0.2) is 36.5 Å². The second-order valence-electron chi connectivity index (χ2n) is 7.46. The van der Waals surface area contributed by atoms with E-state index in [2.05, 4.69) is 15.6 Å². The molecule has 1 aromatic carbocycles. The lowest BCUT2D eigenvalue weighted by Gasteiger charge is -2.24. The molecule has 7 nitrogen and oxygen atoms in total. The summed E-state index contributed by atoms with van der Waals surface area (Å²) in [6.45, 7) is 1.15. The number of amides is 2. The molecule has 1 aliphatic rings. The zero-order valence-corrected chi connectivity index (χ0v) is 18.2. The highest BCUT2D eigenvalue weighted by Gasteiger charge is 2.31. The Kier molecular flexibility index (Phi) is 7.53. The highest BCUT2D eigenvalue weighted by atomic mass is 35.5. The van der Waals surface area contributed by atoms with Crippen molar-refractivity contribution in [3.05, 3.63) is 57.7 Å². The van der Waals surface area contributed by atoms with Crippen molar-refractivity contribution >= 4 is 40.8 Å². The number of nitrogens with zero attached hydrogens (tertiary/aromatic N) is 2. The fraction of sp³-hybridized carbons (Fsp3) is 0.381. The van der Waals surface area contributed by atoms with Crippen LogP contribution >= 0.6 is 23.2 Å². The predicted octanol–water partition coefficient (Wildman–Crippen LogP) is 2.41. The summed E-state index contributed by atoms with van der Waals surface area (Å²) in [6.07, 6.45) is 3.64. The van der Waals surface area contributed by atoms with E-state index >= 15 is 0 Å². The molecule has 1 fully saturated rings. The Bertz CT molecular complexity index is 907. The summed E-state index contributed by atoms with van der Waals surface area (Å²) in [5.74, 6) is -0.0215. The molecular weight excluding hydrogens is 425 g/mol.